The van der Waals surface area contributed by atoms with E-state index in [1.54, 1.807) is 6.26 Å². The fourth-order valence-corrected chi connectivity index (χ4v) is 1.49. The second-order valence-corrected chi connectivity index (χ2v) is 3.16. The van der Waals surface area contributed by atoms with E-state index in [1.165, 1.54) is 0 Å². The second kappa shape index (κ2) is 3.52. The van der Waals surface area contributed by atoms with Gasteiger partial charge in [0.25, 0.3) is 0 Å². The van der Waals surface area contributed by atoms with E-state index in [-0.39, 0.29) is 6.04 Å². The number of benzene rings is 1. The normalized spacial score (nSPS) is 12.6. The maximum Gasteiger partial charge on any atom is 0.134 e. The maximum atomic E-state index is 8.55. The zero-order valence-corrected chi connectivity index (χ0v) is 7.60. The molecule has 14 heavy (non-hydrogen) atoms. The predicted molar refractivity (Wildman–Crippen MR) is 53.4 cm³/mol. The molecule has 0 unspecified atom stereocenters. The maximum absolute atomic E-state index is 8.55. The van der Waals surface area contributed by atoms with Crippen molar-refractivity contribution in [3.05, 3.63) is 36.1 Å². The largest absolute Gasteiger partial charge is 0.464 e. The van der Waals surface area contributed by atoms with E-state index >= 15 is 0 Å². The summed E-state index contributed by atoms with van der Waals surface area (Å²) in [6.07, 6.45) is 1.94. The molecule has 0 aliphatic heterocycles. The van der Waals surface area contributed by atoms with Gasteiger partial charge < -0.3 is 10.2 Å². The second-order valence-electron chi connectivity index (χ2n) is 3.16. The van der Waals surface area contributed by atoms with Crippen LogP contribution in [0.4, 0.5) is 0 Å². The average Bonchev–Trinajstić information content (AvgIpc) is 2.61. The van der Waals surface area contributed by atoms with Crippen molar-refractivity contribution in [2.45, 2.75) is 12.5 Å². The van der Waals surface area contributed by atoms with Crippen molar-refractivity contribution in [3.63, 3.8) is 0 Å². The van der Waals surface area contributed by atoms with Crippen LogP contribution in [-0.4, -0.2) is 0 Å². The molecule has 1 heterocycles. The highest BCUT2D eigenvalue weighted by Crippen LogP contribution is 2.26. The number of nitrogens with two attached hydrogens (primary N) is 1. The number of furan rings is 1. The minimum Gasteiger partial charge on any atom is -0.464 e. The smallest absolute Gasteiger partial charge is 0.134 e. The fourth-order valence-electron chi connectivity index (χ4n) is 1.49. The lowest BCUT2D eigenvalue weighted by molar-refractivity contribution is 0.601. The van der Waals surface area contributed by atoms with E-state index in [0.29, 0.717) is 6.42 Å². The summed E-state index contributed by atoms with van der Waals surface area (Å²) in [6.45, 7) is 0. The van der Waals surface area contributed by atoms with Gasteiger partial charge in [0.2, 0.25) is 0 Å². The van der Waals surface area contributed by atoms with Crippen molar-refractivity contribution < 1.29 is 4.42 Å². The minimum atomic E-state index is -0.261. The van der Waals surface area contributed by atoms with Crippen LogP contribution in [0.2, 0.25) is 0 Å². The van der Waals surface area contributed by atoms with Gasteiger partial charge in [-0.25, -0.2) is 0 Å². The Balaban J connectivity index is 2.48. The molecule has 0 saturated heterocycles. The van der Waals surface area contributed by atoms with Crippen LogP contribution < -0.4 is 5.73 Å². The van der Waals surface area contributed by atoms with Crippen LogP contribution in [0.15, 0.2) is 34.9 Å². The molecule has 2 N–H and O–H groups in total. The zero-order chi connectivity index (χ0) is 9.97. The highest BCUT2D eigenvalue weighted by molar-refractivity contribution is 5.81. The first-order valence-corrected chi connectivity index (χ1v) is 4.41. The summed E-state index contributed by atoms with van der Waals surface area (Å²) in [4.78, 5) is 0. The predicted octanol–water partition coefficient (Wildman–Crippen LogP) is 2.35. The number of hydrogen-bond acceptors (Lipinski definition) is 3. The molecule has 3 nitrogen and oxygen atoms in total. The molecule has 1 aromatic carbocycles. The van der Waals surface area contributed by atoms with Gasteiger partial charge in [-0.3, -0.25) is 0 Å². The van der Waals surface area contributed by atoms with Crippen molar-refractivity contribution in [1.82, 2.24) is 0 Å². The lowest BCUT2D eigenvalue weighted by Crippen LogP contribution is -2.08. The van der Waals surface area contributed by atoms with Crippen LogP contribution in [0, 0.1) is 11.3 Å². The Kier molecular flexibility index (Phi) is 2.21. The summed E-state index contributed by atoms with van der Waals surface area (Å²) in [5.74, 6) is 0. The van der Waals surface area contributed by atoms with Crippen molar-refractivity contribution in [2.75, 3.05) is 0 Å². The molecule has 3 heteroatoms. The highest BCUT2D eigenvalue weighted by atomic mass is 16.3. The highest BCUT2D eigenvalue weighted by Gasteiger charge is 2.11. The average molecular weight is 186 g/mol. The summed E-state index contributed by atoms with van der Waals surface area (Å²) < 4.78 is 5.33. The van der Waals surface area contributed by atoms with Gasteiger partial charge >= 0.3 is 0 Å². The van der Waals surface area contributed by atoms with Crippen LogP contribution in [0.1, 0.15) is 18.0 Å². The Morgan fingerprint density at radius 3 is 3.00 bits per heavy atom. The third-order valence-corrected chi connectivity index (χ3v) is 2.22. The van der Waals surface area contributed by atoms with Gasteiger partial charge in [0.15, 0.2) is 0 Å². The number of nitrogens with zero attached hydrogens (tertiary/aromatic N) is 1. The third kappa shape index (κ3) is 1.36. The Bertz CT molecular complexity index is 481. The van der Waals surface area contributed by atoms with Crippen LogP contribution >= 0.6 is 0 Å². The van der Waals surface area contributed by atoms with Gasteiger partial charge in [-0.05, 0) is 6.07 Å². The molecular weight excluding hydrogens is 176 g/mol. The van der Waals surface area contributed by atoms with Crippen LogP contribution in [0.5, 0.6) is 0 Å². The molecule has 0 spiro atoms. The van der Waals surface area contributed by atoms with Gasteiger partial charge in [-0.1, -0.05) is 18.2 Å². The Morgan fingerprint density at radius 2 is 2.21 bits per heavy atom. The molecular formula is C11H10N2O. The standard InChI is InChI=1S/C11H10N2O/c12-6-5-10(13)9-7-14-11-4-2-1-3-8(9)11/h1-4,7,10H,5,13H2/t10-/m0/s1. The van der Waals surface area contributed by atoms with Crippen LogP contribution in [0.3, 0.4) is 0 Å². The molecule has 0 aliphatic carbocycles. The molecule has 2 aromatic rings. The number of para-hydroxylation sites is 1. The van der Waals surface area contributed by atoms with E-state index in [4.69, 9.17) is 15.4 Å². The number of fused-ring (bicyclic) bond motifs is 1. The molecule has 0 radical (unpaired) electrons. The van der Waals surface area contributed by atoms with Gasteiger partial charge in [0.1, 0.15) is 5.58 Å². The molecule has 0 amide bonds. The van der Waals surface area contributed by atoms with Crippen molar-refractivity contribution in [3.8, 4) is 6.07 Å². The Labute approximate surface area is 81.7 Å². The first-order valence-electron chi connectivity index (χ1n) is 4.41. The molecule has 70 valence electrons. The summed E-state index contributed by atoms with van der Waals surface area (Å²) in [7, 11) is 0. The van der Waals surface area contributed by atoms with Gasteiger partial charge in [-0.15, -0.1) is 0 Å². The Hall–Kier alpha value is -1.79. The van der Waals surface area contributed by atoms with Crippen LogP contribution in [0.25, 0.3) is 11.0 Å². The minimum absolute atomic E-state index is 0.261. The van der Waals surface area contributed by atoms with E-state index in [2.05, 4.69) is 6.07 Å². The van der Waals surface area contributed by atoms with Crippen LogP contribution in [-0.2, 0) is 0 Å². The van der Waals surface area contributed by atoms with E-state index < -0.39 is 0 Å². The van der Waals surface area contributed by atoms with Crippen molar-refractivity contribution >= 4 is 11.0 Å². The van der Waals surface area contributed by atoms with E-state index in [1.807, 2.05) is 24.3 Å². The van der Waals surface area contributed by atoms with Gasteiger partial charge in [0.05, 0.1) is 18.8 Å². The molecule has 1 atom stereocenters. The van der Waals surface area contributed by atoms with E-state index in [0.717, 1.165) is 16.5 Å². The number of rotatable bonds is 2. The van der Waals surface area contributed by atoms with Crippen molar-refractivity contribution in [1.29, 1.82) is 5.26 Å². The third-order valence-electron chi connectivity index (χ3n) is 2.22. The summed E-state index contributed by atoms with van der Waals surface area (Å²) in [5, 5.41) is 9.54. The molecule has 0 bridgehead atoms. The zero-order valence-electron chi connectivity index (χ0n) is 7.60. The Morgan fingerprint density at radius 1 is 1.43 bits per heavy atom. The molecule has 0 saturated carbocycles. The van der Waals surface area contributed by atoms with Gasteiger partial charge in [0, 0.05) is 17.0 Å². The molecule has 1 aromatic heterocycles. The molecule has 2 rings (SSSR count). The number of nitriles is 1. The topological polar surface area (TPSA) is 63.0 Å². The lowest BCUT2D eigenvalue weighted by atomic mass is 10.0. The summed E-state index contributed by atoms with van der Waals surface area (Å²) in [6, 6.07) is 9.47. The van der Waals surface area contributed by atoms with Crippen molar-refractivity contribution in [2.24, 2.45) is 5.73 Å². The quantitative estimate of drug-likeness (QED) is 0.782. The fraction of sp³-hybridized carbons (Fsp3) is 0.182. The first kappa shape index (κ1) is 8.79. The van der Waals surface area contributed by atoms with E-state index in [9.17, 15) is 0 Å². The first-order chi connectivity index (χ1) is 6.83. The number of hydrogen-bond donors (Lipinski definition) is 1. The SMILES string of the molecule is N#CC[C@H](N)c1coc2ccccc12. The summed E-state index contributed by atoms with van der Waals surface area (Å²) >= 11 is 0. The monoisotopic (exact) mass is 186 g/mol. The lowest BCUT2D eigenvalue weighted by Gasteiger charge is -2.03. The van der Waals surface area contributed by atoms with Gasteiger partial charge in [-0.2, -0.15) is 5.26 Å². The molecule has 0 fully saturated rings. The molecule has 0 aliphatic rings. The summed E-state index contributed by atoms with van der Waals surface area (Å²) in [5.41, 5.74) is 7.55.